The van der Waals surface area contributed by atoms with E-state index in [1.54, 1.807) is 66.7 Å². The van der Waals surface area contributed by atoms with E-state index in [1.165, 1.54) is 13.1 Å². The van der Waals surface area contributed by atoms with Crippen LogP contribution in [0.4, 0.5) is 13.2 Å². The summed E-state index contributed by atoms with van der Waals surface area (Å²) in [5, 5.41) is 11.3. The summed E-state index contributed by atoms with van der Waals surface area (Å²) in [6, 6.07) is 20.3. The Morgan fingerprint density at radius 2 is 1.57 bits per heavy atom. The van der Waals surface area contributed by atoms with Crippen LogP contribution < -0.4 is 4.74 Å². The zero-order chi connectivity index (χ0) is 32.5. The first-order valence-electron chi connectivity index (χ1n) is 14.9. The summed E-state index contributed by atoms with van der Waals surface area (Å²) < 4.78 is 44.4. The number of carbonyl (C=O) groups excluding carboxylic acids is 4. The molecule has 46 heavy (non-hydrogen) atoms. The molecule has 1 N–H and O–H groups in total. The molecule has 1 aliphatic heterocycles. The SMILES string of the molecule is CN1C(=O)[C@H]2[C@H](CC=C3[C@H]2C[C@H]2C(=O)C(c4ccccc4)=CC(=O)[C@@]2(c2ccccc2)[C@H]3c2cc(OC(F)(F)F)ccc2O)C1=O. The molecule has 2 fully saturated rings. The van der Waals surface area contributed by atoms with Crippen LogP contribution in [0.15, 0.2) is 96.6 Å². The number of ketones is 2. The lowest BCUT2D eigenvalue weighted by molar-refractivity contribution is -0.274. The van der Waals surface area contributed by atoms with E-state index < -0.39 is 64.6 Å². The summed E-state index contributed by atoms with van der Waals surface area (Å²) in [5.41, 5.74) is -0.0665. The highest BCUT2D eigenvalue weighted by Crippen LogP contribution is 2.64. The van der Waals surface area contributed by atoms with Crippen LogP contribution in [0.2, 0.25) is 0 Å². The van der Waals surface area contributed by atoms with Crippen LogP contribution in [0.5, 0.6) is 11.5 Å². The number of allylic oxidation sites excluding steroid dienone is 4. The van der Waals surface area contributed by atoms with Gasteiger partial charge in [-0.3, -0.25) is 24.1 Å². The Bertz CT molecular complexity index is 1850. The highest BCUT2D eigenvalue weighted by atomic mass is 19.4. The van der Waals surface area contributed by atoms with Crippen LogP contribution in [0, 0.1) is 23.7 Å². The van der Waals surface area contributed by atoms with E-state index in [2.05, 4.69) is 4.74 Å². The molecule has 7 nitrogen and oxygen atoms in total. The van der Waals surface area contributed by atoms with Crippen molar-refractivity contribution in [3.63, 3.8) is 0 Å². The number of aromatic hydroxyl groups is 1. The Hall–Kier alpha value is -4.99. The fraction of sp³-hybridized carbons (Fsp3) is 0.278. The minimum Gasteiger partial charge on any atom is -0.508 e. The number of phenolic OH excluding ortho intramolecular Hbond substituents is 1. The van der Waals surface area contributed by atoms with E-state index in [-0.39, 0.29) is 35.7 Å². The highest BCUT2D eigenvalue weighted by molar-refractivity contribution is 6.31. The number of likely N-dealkylation sites (tertiary alicyclic amines) is 1. The van der Waals surface area contributed by atoms with Gasteiger partial charge < -0.3 is 9.84 Å². The van der Waals surface area contributed by atoms with E-state index in [0.29, 0.717) is 16.7 Å². The molecule has 1 heterocycles. The van der Waals surface area contributed by atoms with Crippen molar-refractivity contribution in [1.82, 2.24) is 4.90 Å². The lowest BCUT2D eigenvalue weighted by atomic mass is 9.44. The van der Waals surface area contributed by atoms with Crippen LogP contribution >= 0.6 is 0 Å². The number of nitrogens with zero attached hydrogens (tertiary/aromatic N) is 1. The van der Waals surface area contributed by atoms with E-state index >= 15 is 0 Å². The Kier molecular flexibility index (Phi) is 6.81. The van der Waals surface area contributed by atoms with Crippen LogP contribution in [0.3, 0.4) is 0 Å². The number of ether oxygens (including phenoxy) is 1. The van der Waals surface area contributed by atoms with Gasteiger partial charge in [0, 0.05) is 30.0 Å². The van der Waals surface area contributed by atoms with Crippen LogP contribution in [0.1, 0.15) is 35.4 Å². The minimum atomic E-state index is -5.04. The standard InChI is InChI=1S/C36H28F3NO6/c1-40-33(44)23-14-13-22-25(30(23)34(40)45)17-27-32(43)24(19-8-4-2-5-9-19)18-29(42)35(27,20-10-6-3-7-11-20)31(22)26-16-21(12-15-28(26)41)46-36(37,38)39/h2-13,15-16,18,23,25,27,30-31,41H,14,17H2,1H3/t23-,25+,27-,30-,31+,35-/m0/s1. The number of imide groups is 1. The predicted molar refractivity (Wildman–Crippen MR) is 159 cm³/mol. The van der Waals surface area contributed by atoms with Gasteiger partial charge in [-0.1, -0.05) is 72.3 Å². The van der Waals surface area contributed by atoms with Crippen molar-refractivity contribution in [2.24, 2.45) is 23.7 Å². The summed E-state index contributed by atoms with van der Waals surface area (Å²) in [6.45, 7) is 0. The first kappa shape index (κ1) is 29.7. The third kappa shape index (κ3) is 4.34. The Morgan fingerprint density at radius 1 is 0.891 bits per heavy atom. The minimum absolute atomic E-state index is 0.0412. The maximum absolute atomic E-state index is 14.9. The zero-order valence-corrected chi connectivity index (χ0v) is 24.5. The molecule has 2 amide bonds. The quantitative estimate of drug-likeness (QED) is 0.292. The number of rotatable bonds is 4. The number of hydrogen-bond donors (Lipinski definition) is 1. The zero-order valence-electron chi connectivity index (χ0n) is 24.5. The van der Waals surface area contributed by atoms with Gasteiger partial charge in [0.25, 0.3) is 0 Å². The molecule has 0 aromatic heterocycles. The molecule has 6 atom stereocenters. The number of phenols is 1. The highest BCUT2D eigenvalue weighted by Gasteiger charge is 2.66. The van der Waals surface area contributed by atoms with Gasteiger partial charge in [0.1, 0.15) is 11.5 Å². The number of carbonyl (C=O) groups is 4. The summed E-state index contributed by atoms with van der Waals surface area (Å²) in [5.74, 6) is -7.07. The second-order valence-corrected chi connectivity index (χ2v) is 12.3. The lowest BCUT2D eigenvalue weighted by Crippen LogP contribution is -2.58. The largest absolute Gasteiger partial charge is 0.573 e. The molecular weight excluding hydrogens is 599 g/mol. The molecule has 10 heteroatoms. The molecule has 7 rings (SSSR count). The van der Waals surface area contributed by atoms with E-state index in [4.69, 9.17) is 0 Å². The van der Waals surface area contributed by atoms with Crippen molar-refractivity contribution < 1.29 is 42.2 Å². The summed E-state index contributed by atoms with van der Waals surface area (Å²) in [4.78, 5) is 57.4. The summed E-state index contributed by atoms with van der Waals surface area (Å²) in [7, 11) is 1.41. The monoisotopic (exact) mass is 627 g/mol. The third-order valence-electron chi connectivity index (χ3n) is 10.1. The number of alkyl halides is 3. The molecule has 0 radical (unpaired) electrons. The van der Waals surface area contributed by atoms with Crippen molar-refractivity contribution in [1.29, 1.82) is 0 Å². The second-order valence-electron chi connectivity index (χ2n) is 12.3. The molecule has 3 aromatic carbocycles. The molecule has 0 bridgehead atoms. The molecular formula is C36H28F3NO6. The van der Waals surface area contributed by atoms with Crippen molar-refractivity contribution in [3.8, 4) is 11.5 Å². The Morgan fingerprint density at radius 3 is 2.24 bits per heavy atom. The fourth-order valence-corrected chi connectivity index (χ4v) is 8.34. The molecule has 0 unspecified atom stereocenters. The normalized spacial score (nSPS) is 29.0. The molecule has 1 saturated carbocycles. The predicted octanol–water partition coefficient (Wildman–Crippen LogP) is 5.75. The van der Waals surface area contributed by atoms with Gasteiger partial charge in [0.15, 0.2) is 11.6 Å². The molecule has 3 aliphatic carbocycles. The van der Waals surface area contributed by atoms with Crippen LogP contribution in [0.25, 0.3) is 5.57 Å². The van der Waals surface area contributed by atoms with Crippen LogP contribution in [-0.4, -0.2) is 46.8 Å². The second kappa shape index (κ2) is 10.5. The third-order valence-corrected chi connectivity index (χ3v) is 10.1. The van der Waals surface area contributed by atoms with Gasteiger partial charge in [0.2, 0.25) is 11.8 Å². The average Bonchev–Trinajstić information content (AvgIpc) is 3.26. The van der Waals surface area contributed by atoms with Gasteiger partial charge >= 0.3 is 6.36 Å². The molecule has 3 aromatic rings. The summed E-state index contributed by atoms with van der Waals surface area (Å²) >= 11 is 0. The molecule has 1 saturated heterocycles. The van der Waals surface area contributed by atoms with Gasteiger partial charge in [-0.15, -0.1) is 13.2 Å². The summed E-state index contributed by atoms with van der Waals surface area (Å²) in [6.07, 6.45) is -1.77. The first-order chi connectivity index (χ1) is 21.9. The maximum atomic E-state index is 14.9. The van der Waals surface area contributed by atoms with Crippen molar-refractivity contribution in [2.75, 3.05) is 7.05 Å². The van der Waals surface area contributed by atoms with Crippen molar-refractivity contribution in [3.05, 3.63) is 113 Å². The maximum Gasteiger partial charge on any atom is 0.573 e. The first-order valence-corrected chi connectivity index (χ1v) is 14.9. The fourth-order valence-electron chi connectivity index (χ4n) is 8.34. The van der Waals surface area contributed by atoms with E-state index in [9.17, 15) is 37.5 Å². The van der Waals surface area contributed by atoms with Gasteiger partial charge in [-0.05, 0) is 54.2 Å². The number of hydrogen-bond acceptors (Lipinski definition) is 6. The van der Waals surface area contributed by atoms with Crippen molar-refractivity contribution in [2.45, 2.75) is 30.5 Å². The Labute approximate surface area is 262 Å². The van der Waals surface area contributed by atoms with E-state index in [1.807, 2.05) is 0 Å². The number of Topliss-reactive ketones (excluding diaryl/α,β-unsaturated/α-hetero) is 1. The number of amides is 2. The molecule has 0 spiro atoms. The van der Waals surface area contributed by atoms with Crippen LogP contribution in [-0.2, 0) is 24.6 Å². The number of fused-ring (bicyclic) bond motifs is 4. The molecule has 4 aliphatic rings. The van der Waals surface area contributed by atoms with Gasteiger partial charge in [0.05, 0.1) is 17.3 Å². The van der Waals surface area contributed by atoms with Crippen molar-refractivity contribution >= 4 is 29.0 Å². The Balaban J connectivity index is 1.53. The smallest absolute Gasteiger partial charge is 0.508 e. The number of benzene rings is 3. The van der Waals surface area contributed by atoms with Gasteiger partial charge in [-0.25, -0.2) is 0 Å². The topological polar surface area (TPSA) is 101 Å². The lowest BCUT2D eigenvalue weighted by Gasteiger charge is -2.55. The molecule has 234 valence electrons. The van der Waals surface area contributed by atoms with E-state index in [0.717, 1.165) is 23.1 Å². The number of halogens is 3. The average molecular weight is 628 g/mol. The van der Waals surface area contributed by atoms with Gasteiger partial charge in [-0.2, -0.15) is 0 Å².